The molecule has 1 fully saturated rings. The maximum atomic E-state index is 12.6. The summed E-state index contributed by atoms with van der Waals surface area (Å²) in [5.41, 5.74) is 1.24. The van der Waals surface area contributed by atoms with Crippen molar-refractivity contribution >= 4 is 34.7 Å². The van der Waals surface area contributed by atoms with Crippen LogP contribution in [0.2, 0.25) is 0 Å². The molecule has 1 aliphatic rings. The van der Waals surface area contributed by atoms with E-state index in [0.29, 0.717) is 34.7 Å². The van der Waals surface area contributed by atoms with E-state index in [4.69, 9.17) is 0 Å². The molecule has 3 N–H and O–H groups in total. The van der Waals surface area contributed by atoms with Crippen molar-refractivity contribution in [1.29, 1.82) is 0 Å². The second-order valence-corrected chi connectivity index (χ2v) is 7.98. The molecule has 2 aromatic rings. The molecule has 1 saturated carbocycles. The molecular formula is C19H25N5O2S. The number of nitrogens with zero attached hydrogens (tertiary/aromatic N) is 2. The fourth-order valence-corrected chi connectivity index (χ4v) is 3.90. The molecule has 0 aromatic carbocycles. The Kier molecular flexibility index (Phi) is 6.05. The van der Waals surface area contributed by atoms with Gasteiger partial charge in [0.05, 0.1) is 16.3 Å². The third kappa shape index (κ3) is 4.63. The number of nitrogens with one attached hydrogen (secondary N) is 3. The van der Waals surface area contributed by atoms with Crippen LogP contribution in [0.3, 0.4) is 0 Å². The summed E-state index contributed by atoms with van der Waals surface area (Å²) < 4.78 is 0. The van der Waals surface area contributed by atoms with Crippen molar-refractivity contribution in [3.8, 4) is 0 Å². The van der Waals surface area contributed by atoms with E-state index in [9.17, 15) is 9.59 Å². The lowest BCUT2D eigenvalue weighted by molar-refractivity contribution is 0.0961. The van der Waals surface area contributed by atoms with Crippen LogP contribution in [-0.4, -0.2) is 34.9 Å². The van der Waals surface area contributed by atoms with Crippen LogP contribution >= 0.6 is 11.3 Å². The number of carbonyl (C=O) groups is 2. The van der Waals surface area contributed by atoms with Crippen molar-refractivity contribution in [2.45, 2.75) is 45.6 Å². The lowest BCUT2D eigenvalue weighted by Crippen LogP contribution is -2.31. The van der Waals surface area contributed by atoms with Crippen LogP contribution in [0.1, 0.15) is 58.5 Å². The number of hydrogen-bond donors (Lipinski definition) is 3. The van der Waals surface area contributed by atoms with E-state index in [-0.39, 0.29) is 11.8 Å². The van der Waals surface area contributed by atoms with Gasteiger partial charge in [0.1, 0.15) is 11.5 Å². The molecule has 0 bridgehead atoms. The van der Waals surface area contributed by atoms with Crippen LogP contribution in [0.4, 0.5) is 11.5 Å². The normalized spacial score (nSPS) is 19.4. The summed E-state index contributed by atoms with van der Waals surface area (Å²) in [6.07, 6.45) is 6.19. The van der Waals surface area contributed by atoms with E-state index >= 15 is 0 Å². The molecule has 0 spiro atoms. The van der Waals surface area contributed by atoms with Crippen LogP contribution in [0.5, 0.6) is 0 Å². The molecule has 27 heavy (non-hydrogen) atoms. The quantitative estimate of drug-likeness (QED) is 0.730. The predicted octanol–water partition coefficient (Wildman–Crippen LogP) is 3.45. The number of pyridine rings is 1. The minimum atomic E-state index is -0.310. The first-order chi connectivity index (χ1) is 13.0. The van der Waals surface area contributed by atoms with Gasteiger partial charge in [-0.2, -0.15) is 0 Å². The Morgan fingerprint density at radius 3 is 2.67 bits per heavy atom. The van der Waals surface area contributed by atoms with Crippen LogP contribution < -0.4 is 16.0 Å². The number of amides is 2. The van der Waals surface area contributed by atoms with Gasteiger partial charge >= 0.3 is 0 Å². The van der Waals surface area contributed by atoms with E-state index in [2.05, 4.69) is 32.8 Å². The number of rotatable bonds is 5. The number of thiazole rings is 1. The van der Waals surface area contributed by atoms with Crippen molar-refractivity contribution < 1.29 is 9.59 Å². The molecule has 0 saturated heterocycles. The predicted molar refractivity (Wildman–Crippen MR) is 107 cm³/mol. The first-order valence-electron chi connectivity index (χ1n) is 9.20. The van der Waals surface area contributed by atoms with Crippen LogP contribution in [-0.2, 0) is 0 Å². The third-order valence-corrected chi connectivity index (χ3v) is 5.68. The average molecular weight is 388 g/mol. The van der Waals surface area contributed by atoms with Crippen LogP contribution in [0, 0.1) is 12.8 Å². The van der Waals surface area contributed by atoms with Gasteiger partial charge in [0.2, 0.25) is 0 Å². The second-order valence-electron chi connectivity index (χ2n) is 6.92. The second kappa shape index (κ2) is 8.47. The number of aryl methyl sites for hydroxylation is 1. The SMILES string of the molecule is CNC(=O)c1cnc(NC2CCCCC2C)c(NC(=O)c2csc(C)n2)c1. The molecule has 8 heteroatoms. The number of hydrogen-bond acceptors (Lipinski definition) is 6. The molecule has 144 valence electrons. The van der Waals surface area contributed by atoms with Gasteiger partial charge in [-0.25, -0.2) is 9.97 Å². The van der Waals surface area contributed by atoms with Gasteiger partial charge in [-0.1, -0.05) is 19.8 Å². The Labute approximate surface area is 163 Å². The molecule has 2 atom stereocenters. The first-order valence-corrected chi connectivity index (χ1v) is 10.1. The summed E-state index contributed by atoms with van der Waals surface area (Å²) in [7, 11) is 1.56. The van der Waals surface area contributed by atoms with Crippen LogP contribution in [0.15, 0.2) is 17.6 Å². The summed E-state index contributed by atoms with van der Waals surface area (Å²) in [6.45, 7) is 4.08. The van der Waals surface area contributed by atoms with Crippen molar-refractivity contribution in [1.82, 2.24) is 15.3 Å². The summed E-state index contributed by atoms with van der Waals surface area (Å²) in [6, 6.07) is 1.95. The molecule has 2 amide bonds. The highest BCUT2D eigenvalue weighted by Gasteiger charge is 2.23. The Morgan fingerprint density at radius 2 is 2.00 bits per heavy atom. The van der Waals surface area contributed by atoms with Crippen molar-refractivity contribution in [2.24, 2.45) is 5.92 Å². The molecular weight excluding hydrogens is 362 g/mol. The number of anilines is 2. The zero-order chi connectivity index (χ0) is 19.4. The Morgan fingerprint density at radius 1 is 1.22 bits per heavy atom. The average Bonchev–Trinajstić information content (AvgIpc) is 3.10. The maximum absolute atomic E-state index is 12.6. The van der Waals surface area contributed by atoms with E-state index in [0.717, 1.165) is 11.4 Å². The molecule has 7 nitrogen and oxygen atoms in total. The fraction of sp³-hybridized carbons (Fsp3) is 0.474. The van der Waals surface area contributed by atoms with E-state index in [1.54, 1.807) is 18.5 Å². The molecule has 3 rings (SSSR count). The Bertz CT molecular complexity index is 835. The van der Waals surface area contributed by atoms with Gasteiger partial charge in [0, 0.05) is 24.7 Å². The van der Waals surface area contributed by atoms with Crippen molar-refractivity contribution in [3.05, 3.63) is 33.9 Å². The number of aromatic nitrogens is 2. The zero-order valence-electron chi connectivity index (χ0n) is 15.8. The molecule has 0 radical (unpaired) electrons. The van der Waals surface area contributed by atoms with Gasteiger partial charge in [-0.3, -0.25) is 9.59 Å². The number of carbonyl (C=O) groups excluding carboxylic acids is 2. The molecule has 2 aromatic heterocycles. The highest BCUT2D eigenvalue weighted by Crippen LogP contribution is 2.29. The molecule has 2 unspecified atom stereocenters. The van der Waals surface area contributed by atoms with Gasteiger partial charge in [-0.05, 0) is 31.7 Å². The van der Waals surface area contributed by atoms with E-state index < -0.39 is 0 Å². The van der Waals surface area contributed by atoms with Gasteiger partial charge < -0.3 is 16.0 Å². The summed E-state index contributed by atoms with van der Waals surface area (Å²) in [4.78, 5) is 33.2. The van der Waals surface area contributed by atoms with Gasteiger partial charge in [0.25, 0.3) is 11.8 Å². The summed E-state index contributed by atoms with van der Waals surface area (Å²) in [5, 5.41) is 11.5. The topological polar surface area (TPSA) is 96.0 Å². The van der Waals surface area contributed by atoms with E-state index in [1.165, 1.54) is 36.8 Å². The molecule has 0 aliphatic heterocycles. The van der Waals surface area contributed by atoms with Crippen molar-refractivity contribution in [2.75, 3.05) is 17.7 Å². The largest absolute Gasteiger partial charge is 0.365 e. The monoisotopic (exact) mass is 387 g/mol. The summed E-state index contributed by atoms with van der Waals surface area (Å²) in [5.74, 6) is 0.556. The lowest BCUT2D eigenvalue weighted by Gasteiger charge is -2.30. The highest BCUT2D eigenvalue weighted by molar-refractivity contribution is 7.09. The highest BCUT2D eigenvalue weighted by atomic mass is 32.1. The molecule has 2 heterocycles. The Hall–Kier alpha value is -2.48. The fourth-order valence-electron chi connectivity index (χ4n) is 3.30. The first kappa shape index (κ1) is 19.3. The lowest BCUT2D eigenvalue weighted by atomic mass is 9.86. The Balaban J connectivity index is 1.87. The minimum Gasteiger partial charge on any atom is -0.365 e. The van der Waals surface area contributed by atoms with E-state index in [1.807, 2.05) is 6.92 Å². The van der Waals surface area contributed by atoms with Crippen LogP contribution in [0.25, 0.3) is 0 Å². The molecule has 1 aliphatic carbocycles. The smallest absolute Gasteiger partial charge is 0.275 e. The zero-order valence-corrected chi connectivity index (χ0v) is 16.7. The standard InChI is InChI=1S/C19H25N5O2S/c1-11-6-4-5-7-14(11)23-17-15(8-13(9-21-17)18(25)20-3)24-19(26)16-10-27-12(2)22-16/h8-11,14H,4-7H2,1-3H3,(H,20,25)(H,21,23)(H,24,26). The summed E-state index contributed by atoms with van der Waals surface area (Å²) >= 11 is 1.42. The maximum Gasteiger partial charge on any atom is 0.275 e. The van der Waals surface area contributed by atoms with Crippen molar-refractivity contribution in [3.63, 3.8) is 0 Å². The van der Waals surface area contributed by atoms with Gasteiger partial charge in [0.15, 0.2) is 0 Å². The minimum absolute atomic E-state index is 0.250. The van der Waals surface area contributed by atoms with Gasteiger partial charge in [-0.15, -0.1) is 11.3 Å². The third-order valence-electron chi connectivity index (χ3n) is 4.91.